The third-order valence-corrected chi connectivity index (χ3v) is 5.71. The van der Waals surface area contributed by atoms with Crippen molar-refractivity contribution in [1.29, 1.82) is 0 Å². The number of nitrogens with zero attached hydrogens (tertiary/aromatic N) is 2. The molecule has 0 bridgehead atoms. The molecule has 2 aliphatic heterocycles. The Bertz CT molecular complexity index is 993. The average molecular weight is 465 g/mol. The first-order chi connectivity index (χ1) is 15.0. The second kappa shape index (κ2) is 9.07. The number of hydrogen-bond donors (Lipinski definition) is 2. The molecule has 0 aromatic carbocycles. The van der Waals surface area contributed by atoms with Crippen LogP contribution in [0.3, 0.4) is 0 Å². The molecule has 0 aliphatic carbocycles. The summed E-state index contributed by atoms with van der Waals surface area (Å²) in [5, 5.41) is 15.5. The Morgan fingerprint density at radius 2 is 2.09 bits per heavy atom. The lowest BCUT2D eigenvalue weighted by atomic mass is 10.0. The summed E-state index contributed by atoms with van der Waals surface area (Å²) in [6, 6.07) is 2.14. The van der Waals surface area contributed by atoms with Gasteiger partial charge in [0.2, 0.25) is 5.71 Å². The number of carbonyl (C=O) groups excluding carboxylic acids is 3. The summed E-state index contributed by atoms with van der Waals surface area (Å²) in [4.78, 5) is 55.0. The number of amides is 2. The van der Waals surface area contributed by atoms with Gasteiger partial charge in [0, 0.05) is 18.2 Å². The topological polar surface area (TPSA) is 148 Å². The molecular formula is C20H23N3O8S. The van der Waals surface area contributed by atoms with E-state index in [-0.39, 0.29) is 29.5 Å². The van der Waals surface area contributed by atoms with E-state index in [9.17, 15) is 24.3 Å². The Morgan fingerprint density at radius 1 is 1.38 bits per heavy atom. The van der Waals surface area contributed by atoms with Gasteiger partial charge in [-0.3, -0.25) is 19.3 Å². The highest BCUT2D eigenvalue weighted by Gasteiger charge is 2.54. The van der Waals surface area contributed by atoms with Gasteiger partial charge in [-0.05, 0) is 32.9 Å². The lowest BCUT2D eigenvalue weighted by molar-refractivity contribution is -0.150. The maximum absolute atomic E-state index is 12.9. The molecule has 11 nitrogen and oxygen atoms in total. The van der Waals surface area contributed by atoms with Crippen LogP contribution in [0.1, 0.15) is 33.5 Å². The van der Waals surface area contributed by atoms with Crippen molar-refractivity contribution in [3.05, 3.63) is 35.4 Å². The van der Waals surface area contributed by atoms with Crippen molar-refractivity contribution in [2.75, 3.05) is 12.4 Å². The fraction of sp³-hybridized carbons (Fsp3) is 0.450. The Hall–Kier alpha value is -3.28. The first kappa shape index (κ1) is 23.4. The molecule has 0 saturated carbocycles. The third-order valence-electron chi connectivity index (χ3n) is 4.37. The van der Waals surface area contributed by atoms with E-state index in [0.29, 0.717) is 5.57 Å². The lowest BCUT2D eigenvalue weighted by Crippen LogP contribution is -2.71. The minimum Gasteiger partial charge on any atom is -0.477 e. The van der Waals surface area contributed by atoms with Crippen molar-refractivity contribution >= 4 is 41.2 Å². The molecule has 1 aromatic rings. The number of aliphatic carboxylic acids is 1. The van der Waals surface area contributed by atoms with E-state index in [4.69, 9.17) is 14.0 Å². The Morgan fingerprint density at radius 3 is 2.66 bits per heavy atom. The van der Waals surface area contributed by atoms with E-state index in [1.54, 1.807) is 26.8 Å². The first-order valence-corrected chi connectivity index (χ1v) is 10.7. The molecule has 2 atom stereocenters. The number of carbonyl (C=O) groups is 4. The molecule has 1 saturated heterocycles. The first-order valence-electron chi connectivity index (χ1n) is 9.64. The highest BCUT2D eigenvalue weighted by Crippen LogP contribution is 2.40. The van der Waals surface area contributed by atoms with Gasteiger partial charge in [-0.1, -0.05) is 5.16 Å². The van der Waals surface area contributed by atoms with Crippen molar-refractivity contribution in [3.8, 4) is 0 Å². The van der Waals surface area contributed by atoms with Crippen LogP contribution >= 0.6 is 11.8 Å². The number of carboxylic acids is 1. The molecular weight excluding hydrogens is 442 g/mol. The van der Waals surface area contributed by atoms with E-state index in [2.05, 4.69) is 10.5 Å². The third kappa shape index (κ3) is 4.96. The number of esters is 1. The summed E-state index contributed by atoms with van der Waals surface area (Å²) >= 11 is 1.26. The monoisotopic (exact) mass is 465 g/mol. The molecule has 32 heavy (non-hydrogen) atoms. The number of furan rings is 1. The summed E-state index contributed by atoms with van der Waals surface area (Å²) in [5.41, 5.74) is -0.744. The zero-order chi connectivity index (χ0) is 23.6. The van der Waals surface area contributed by atoms with E-state index in [0.717, 1.165) is 4.90 Å². The van der Waals surface area contributed by atoms with Crippen LogP contribution in [0.2, 0.25) is 0 Å². The number of ether oxygens (including phenoxy) is 1. The molecule has 3 heterocycles. The van der Waals surface area contributed by atoms with Crippen molar-refractivity contribution in [3.63, 3.8) is 0 Å². The number of nitrogens with one attached hydrogen (secondary N) is 1. The van der Waals surface area contributed by atoms with Crippen LogP contribution in [0.15, 0.2) is 39.2 Å². The van der Waals surface area contributed by atoms with Crippen LogP contribution in [-0.4, -0.2) is 68.8 Å². The van der Waals surface area contributed by atoms with Crippen molar-refractivity contribution < 1.29 is 38.3 Å². The molecule has 2 amide bonds. The largest absolute Gasteiger partial charge is 0.477 e. The molecule has 12 heteroatoms. The second-order valence-corrected chi connectivity index (χ2v) is 9.12. The normalized spacial score (nSPS) is 20.9. The van der Waals surface area contributed by atoms with Gasteiger partial charge in [-0.15, -0.1) is 11.8 Å². The van der Waals surface area contributed by atoms with Crippen molar-refractivity contribution in [2.24, 2.45) is 5.16 Å². The number of β-lactam (4-membered cyclic amide) rings is 1. The fourth-order valence-electron chi connectivity index (χ4n) is 2.99. The number of oxime groups is 1. The second-order valence-electron chi connectivity index (χ2n) is 8.02. The summed E-state index contributed by atoms with van der Waals surface area (Å²) in [6.07, 6.45) is 1.37. The van der Waals surface area contributed by atoms with E-state index < -0.39 is 40.8 Å². The summed E-state index contributed by atoms with van der Waals surface area (Å²) in [5.74, 6) is -2.79. The average Bonchev–Trinajstić information content (AvgIpc) is 3.23. The molecule has 0 spiro atoms. The van der Waals surface area contributed by atoms with Crippen LogP contribution in [0.5, 0.6) is 0 Å². The van der Waals surface area contributed by atoms with Crippen LogP contribution in [0, 0.1) is 0 Å². The van der Waals surface area contributed by atoms with Gasteiger partial charge in [0.15, 0.2) is 5.76 Å². The molecule has 2 N–H and O–H groups in total. The molecule has 0 radical (unpaired) electrons. The smallest absolute Gasteiger partial charge is 0.352 e. The van der Waals surface area contributed by atoms with Crippen LogP contribution < -0.4 is 5.32 Å². The maximum Gasteiger partial charge on any atom is 0.352 e. The van der Waals surface area contributed by atoms with Crippen LogP contribution in [0.4, 0.5) is 0 Å². The number of rotatable bonds is 7. The Kier molecular flexibility index (Phi) is 6.63. The van der Waals surface area contributed by atoms with Gasteiger partial charge in [-0.2, -0.15) is 0 Å². The zero-order valence-corrected chi connectivity index (χ0v) is 18.7. The quantitative estimate of drug-likeness (QED) is 0.261. The minimum absolute atomic E-state index is 0.151. The van der Waals surface area contributed by atoms with Gasteiger partial charge in [0.25, 0.3) is 11.8 Å². The van der Waals surface area contributed by atoms with E-state index >= 15 is 0 Å². The van der Waals surface area contributed by atoms with E-state index in [1.807, 2.05) is 0 Å². The molecule has 0 unspecified atom stereocenters. The van der Waals surface area contributed by atoms with Crippen molar-refractivity contribution in [1.82, 2.24) is 10.2 Å². The highest BCUT2D eigenvalue weighted by molar-refractivity contribution is 8.00. The number of hydrogen-bond acceptors (Lipinski definition) is 9. The molecule has 172 valence electrons. The summed E-state index contributed by atoms with van der Waals surface area (Å²) in [6.45, 7) is 6.26. The fourth-order valence-corrected chi connectivity index (χ4v) is 4.31. The van der Waals surface area contributed by atoms with Gasteiger partial charge < -0.3 is 24.4 Å². The molecule has 1 aromatic heterocycles. The zero-order valence-electron chi connectivity index (χ0n) is 17.9. The molecule has 2 aliphatic rings. The summed E-state index contributed by atoms with van der Waals surface area (Å²) in [7, 11) is 0. The van der Waals surface area contributed by atoms with E-state index in [1.165, 1.54) is 31.0 Å². The number of carboxylic acid groups (broad SMARTS) is 1. The maximum atomic E-state index is 12.9. The molecule has 3 rings (SSSR count). The number of fused-ring (bicyclic) bond motifs is 1. The predicted molar refractivity (Wildman–Crippen MR) is 112 cm³/mol. The minimum atomic E-state index is -1.31. The van der Waals surface area contributed by atoms with Gasteiger partial charge in [0.1, 0.15) is 29.3 Å². The SMILES string of the molecule is CC(=O)OCC1=C(C(=O)O)N2C(=O)[C@@H](NC(=O)C(=NOC(C)(C)C)c3ccco3)[C@H]2SC1. The predicted octanol–water partition coefficient (Wildman–Crippen LogP) is 1.10. The van der Waals surface area contributed by atoms with Crippen LogP contribution in [0.25, 0.3) is 0 Å². The standard InChI is InChI=1S/C20H23N3O8S/c1-10(24)30-8-11-9-32-18-14(17(26)23(18)15(11)19(27)28)21-16(25)13(12-6-5-7-29-12)22-31-20(2,3)4/h5-7,14,18H,8-9H2,1-4H3,(H,21,25)(H,27,28)/t14-,18-/m1/s1. The lowest BCUT2D eigenvalue weighted by Gasteiger charge is -2.49. The Labute approximate surface area is 187 Å². The van der Waals surface area contributed by atoms with Gasteiger partial charge in [-0.25, -0.2) is 4.79 Å². The highest BCUT2D eigenvalue weighted by atomic mass is 32.2. The molecule has 1 fully saturated rings. The van der Waals surface area contributed by atoms with Gasteiger partial charge in [0.05, 0.1) is 6.26 Å². The van der Waals surface area contributed by atoms with Gasteiger partial charge >= 0.3 is 11.9 Å². The summed E-state index contributed by atoms with van der Waals surface area (Å²) < 4.78 is 10.2. The number of thioether (sulfide) groups is 1. The Balaban J connectivity index is 1.78. The van der Waals surface area contributed by atoms with Crippen LogP contribution in [-0.2, 0) is 28.8 Å². The van der Waals surface area contributed by atoms with Crippen molar-refractivity contribution in [2.45, 2.75) is 44.7 Å².